The van der Waals surface area contributed by atoms with Gasteiger partial charge in [-0.1, -0.05) is 18.2 Å². The third kappa shape index (κ3) is 2.41. The zero-order chi connectivity index (χ0) is 13.3. The van der Waals surface area contributed by atoms with E-state index >= 15 is 0 Å². The van der Waals surface area contributed by atoms with Gasteiger partial charge in [0.1, 0.15) is 0 Å². The van der Waals surface area contributed by atoms with Crippen molar-refractivity contribution in [2.24, 2.45) is 5.41 Å². The molecule has 0 amide bonds. The molecule has 0 saturated heterocycles. The number of aliphatic hydroxyl groups excluding tert-OH is 1. The maximum absolute atomic E-state index is 11.7. The number of ether oxygens (including phenoxy) is 1. The van der Waals surface area contributed by atoms with Gasteiger partial charge in [0.15, 0.2) is 0 Å². The zero-order valence-electron chi connectivity index (χ0n) is 11.2. The smallest absolute Gasteiger partial charge is 0.311 e. The molecular formula is C15H20O3. The SMILES string of the molecule is COC(=O)C(C)(C)Cc1ccc2c(c1)C(O)CC2. The van der Waals surface area contributed by atoms with Gasteiger partial charge in [0.2, 0.25) is 0 Å². The van der Waals surface area contributed by atoms with Crippen molar-refractivity contribution in [3.8, 4) is 0 Å². The van der Waals surface area contributed by atoms with Crippen molar-refractivity contribution in [3.05, 3.63) is 34.9 Å². The molecule has 1 aliphatic carbocycles. The van der Waals surface area contributed by atoms with Crippen LogP contribution >= 0.6 is 0 Å². The molecule has 1 atom stereocenters. The molecule has 3 heteroatoms. The van der Waals surface area contributed by atoms with E-state index < -0.39 is 5.41 Å². The van der Waals surface area contributed by atoms with Crippen LogP contribution in [0.5, 0.6) is 0 Å². The number of esters is 1. The van der Waals surface area contributed by atoms with Gasteiger partial charge in [-0.05, 0) is 49.8 Å². The number of carbonyl (C=O) groups is 1. The average molecular weight is 248 g/mol. The van der Waals surface area contributed by atoms with Crippen molar-refractivity contribution < 1.29 is 14.6 Å². The second-order valence-corrected chi connectivity index (χ2v) is 5.64. The Bertz CT molecular complexity index is 463. The number of methoxy groups -OCH3 is 1. The summed E-state index contributed by atoms with van der Waals surface area (Å²) in [6.07, 6.45) is 2.02. The molecule has 0 aromatic heterocycles. The number of carbonyl (C=O) groups excluding carboxylic acids is 1. The van der Waals surface area contributed by atoms with Gasteiger partial charge < -0.3 is 9.84 Å². The summed E-state index contributed by atoms with van der Waals surface area (Å²) in [7, 11) is 1.41. The van der Waals surface area contributed by atoms with E-state index in [-0.39, 0.29) is 12.1 Å². The highest BCUT2D eigenvalue weighted by Crippen LogP contribution is 2.33. The Morgan fingerprint density at radius 1 is 1.50 bits per heavy atom. The number of aryl methyl sites for hydroxylation is 1. The van der Waals surface area contributed by atoms with Gasteiger partial charge in [0, 0.05) is 0 Å². The predicted octanol–water partition coefficient (Wildman–Crippen LogP) is 2.41. The quantitative estimate of drug-likeness (QED) is 0.836. The monoisotopic (exact) mass is 248 g/mol. The van der Waals surface area contributed by atoms with Crippen LogP contribution in [-0.4, -0.2) is 18.2 Å². The molecule has 1 unspecified atom stereocenters. The highest BCUT2D eigenvalue weighted by molar-refractivity contribution is 5.76. The van der Waals surface area contributed by atoms with Crippen LogP contribution in [0.3, 0.4) is 0 Å². The lowest BCUT2D eigenvalue weighted by Gasteiger charge is -2.22. The lowest BCUT2D eigenvalue weighted by molar-refractivity contribution is -0.150. The molecule has 0 heterocycles. The molecule has 0 radical (unpaired) electrons. The number of aliphatic hydroxyl groups is 1. The molecule has 18 heavy (non-hydrogen) atoms. The normalized spacial score (nSPS) is 18.6. The van der Waals surface area contributed by atoms with Gasteiger partial charge in [0.05, 0.1) is 18.6 Å². The predicted molar refractivity (Wildman–Crippen MR) is 69.2 cm³/mol. The Hall–Kier alpha value is -1.35. The molecule has 98 valence electrons. The summed E-state index contributed by atoms with van der Waals surface area (Å²) < 4.78 is 4.81. The first-order valence-corrected chi connectivity index (χ1v) is 6.32. The fourth-order valence-electron chi connectivity index (χ4n) is 2.60. The van der Waals surface area contributed by atoms with Crippen LogP contribution < -0.4 is 0 Å². The molecule has 0 fully saturated rings. The molecule has 1 aromatic carbocycles. The molecular weight excluding hydrogens is 228 g/mol. The van der Waals surface area contributed by atoms with Crippen molar-refractivity contribution >= 4 is 5.97 Å². The Morgan fingerprint density at radius 2 is 2.22 bits per heavy atom. The van der Waals surface area contributed by atoms with Crippen molar-refractivity contribution in [2.45, 2.75) is 39.2 Å². The average Bonchev–Trinajstić information content (AvgIpc) is 2.69. The summed E-state index contributed by atoms with van der Waals surface area (Å²) in [4.78, 5) is 11.7. The van der Waals surface area contributed by atoms with E-state index in [1.165, 1.54) is 12.7 Å². The zero-order valence-corrected chi connectivity index (χ0v) is 11.2. The van der Waals surface area contributed by atoms with Gasteiger partial charge in [-0.2, -0.15) is 0 Å². The van der Waals surface area contributed by atoms with E-state index in [4.69, 9.17) is 4.74 Å². The topological polar surface area (TPSA) is 46.5 Å². The van der Waals surface area contributed by atoms with E-state index in [1.807, 2.05) is 26.0 Å². The Kier molecular flexibility index (Phi) is 3.44. The minimum Gasteiger partial charge on any atom is -0.469 e. The third-order valence-corrected chi connectivity index (χ3v) is 3.64. The highest BCUT2D eigenvalue weighted by Gasteiger charge is 2.29. The van der Waals surface area contributed by atoms with Crippen molar-refractivity contribution in [1.82, 2.24) is 0 Å². The van der Waals surface area contributed by atoms with Crippen molar-refractivity contribution in [3.63, 3.8) is 0 Å². The van der Waals surface area contributed by atoms with Crippen molar-refractivity contribution in [2.75, 3.05) is 7.11 Å². The third-order valence-electron chi connectivity index (χ3n) is 3.64. The minimum atomic E-state index is -0.535. The van der Waals surface area contributed by atoms with Crippen LogP contribution in [0.1, 0.15) is 43.1 Å². The largest absolute Gasteiger partial charge is 0.469 e. The number of rotatable bonds is 3. The Labute approximate surface area is 108 Å². The highest BCUT2D eigenvalue weighted by atomic mass is 16.5. The summed E-state index contributed by atoms with van der Waals surface area (Å²) in [6.45, 7) is 3.75. The Morgan fingerprint density at radius 3 is 2.89 bits per heavy atom. The fourth-order valence-corrected chi connectivity index (χ4v) is 2.60. The van der Waals surface area contributed by atoms with E-state index in [2.05, 4.69) is 6.07 Å². The number of hydrogen-bond acceptors (Lipinski definition) is 3. The molecule has 0 spiro atoms. The maximum Gasteiger partial charge on any atom is 0.311 e. The first-order chi connectivity index (χ1) is 8.44. The number of fused-ring (bicyclic) bond motifs is 1. The number of hydrogen-bond donors (Lipinski definition) is 1. The molecule has 3 nitrogen and oxygen atoms in total. The van der Waals surface area contributed by atoms with Crippen LogP contribution in [0.15, 0.2) is 18.2 Å². The molecule has 0 saturated carbocycles. The van der Waals surface area contributed by atoms with Crippen LogP contribution in [0.2, 0.25) is 0 Å². The maximum atomic E-state index is 11.7. The first-order valence-electron chi connectivity index (χ1n) is 6.32. The summed E-state index contributed by atoms with van der Waals surface area (Å²) in [5.74, 6) is -0.205. The van der Waals surface area contributed by atoms with Crippen LogP contribution in [0, 0.1) is 5.41 Å². The fraction of sp³-hybridized carbons (Fsp3) is 0.533. The standard InChI is InChI=1S/C15H20O3/c1-15(2,14(17)18-3)9-10-4-5-11-6-7-13(16)12(11)8-10/h4-5,8,13,16H,6-7,9H2,1-3H3. The summed E-state index contributed by atoms with van der Waals surface area (Å²) in [5, 5.41) is 9.87. The van der Waals surface area contributed by atoms with Gasteiger partial charge >= 0.3 is 5.97 Å². The van der Waals surface area contributed by atoms with Gasteiger partial charge in [-0.25, -0.2) is 0 Å². The lowest BCUT2D eigenvalue weighted by atomic mass is 9.85. The lowest BCUT2D eigenvalue weighted by Crippen LogP contribution is -2.28. The molecule has 2 rings (SSSR count). The van der Waals surface area contributed by atoms with Crippen LogP contribution in [0.4, 0.5) is 0 Å². The van der Waals surface area contributed by atoms with Gasteiger partial charge in [-0.3, -0.25) is 4.79 Å². The van der Waals surface area contributed by atoms with Crippen molar-refractivity contribution in [1.29, 1.82) is 0 Å². The van der Waals surface area contributed by atoms with E-state index in [0.717, 1.165) is 24.0 Å². The Balaban J connectivity index is 2.21. The molecule has 0 bridgehead atoms. The minimum absolute atomic E-state index is 0.205. The van der Waals surface area contributed by atoms with Crippen LogP contribution in [0.25, 0.3) is 0 Å². The van der Waals surface area contributed by atoms with E-state index in [1.54, 1.807) is 0 Å². The summed E-state index contributed by atoms with van der Waals surface area (Å²) in [6, 6.07) is 6.13. The second-order valence-electron chi connectivity index (χ2n) is 5.64. The molecule has 0 aliphatic heterocycles. The van der Waals surface area contributed by atoms with E-state index in [9.17, 15) is 9.90 Å². The van der Waals surface area contributed by atoms with Gasteiger partial charge in [-0.15, -0.1) is 0 Å². The molecule has 1 aromatic rings. The molecule has 1 N–H and O–H groups in total. The van der Waals surface area contributed by atoms with E-state index in [0.29, 0.717) is 6.42 Å². The first kappa shape index (κ1) is 13.1. The number of benzene rings is 1. The summed E-state index contributed by atoms with van der Waals surface area (Å²) in [5.41, 5.74) is 2.78. The second kappa shape index (κ2) is 4.73. The van der Waals surface area contributed by atoms with Gasteiger partial charge in [0.25, 0.3) is 0 Å². The summed E-state index contributed by atoms with van der Waals surface area (Å²) >= 11 is 0. The molecule has 1 aliphatic rings. The van der Waals surface area contributed by atoms with Crippen LogP contribution in [-0.2, 0) is 22.4 Å².